The van der Waals surface area contributed by atoms with Crippen LogP contribution in [0.3, 0.4) is 0 Å². The molecule has 7 heteroatoms. The Morgan fingerprint density at radius 2 is 1.91 bits per heavy atom. The maximum atomic E-state index is 10.4. The first-order valence-corrected chi connectivity index (χ1v) is 6.66. The summed E-state index contributed by atoms with van der Waals surface area (Å²) >= 11 is 5.87. The van der Waals surface area contributed by atoms with Gasteiger partial charge in [0.15, 0.2) is 12.2 Å². The minimum absolute atomic E-state index is 0.0940. The predicted molar refractivity (Wildman–Crippen MR) is 78.7 cm³/mol. The average Bonchev–Trinajstić information content (AvgIpc) is 2.87. The summed E-state index contributed by atoms with van der Waals surface area (Å²) in [7, 11) is 0. The zero-order valence-electron chi connectivity index (χ0n) is 11.2. The molecule has 0 bridgehead atoms. The van der Waals surface area contributed by atoms with Crippen LogP contribution in [0.15, 0.2) is 46.9 Å². The molecule has 1 heterocycles. The Hall–Kier alpha value is -2.73. The highest BCUT2D eigenvalue weighted by Crippen LogP contribution is 2.28. The molecule has 1 N–H and O–H groups in total. The highest BCUT2D eigenvalue weighted by Gasteiger charge is 2.08. The van der Waals surface area contributed by atoms with E-state index in [1.165, 1.54) is 0 Å². The lowest BCUT2D eigenvalue weighted by Crippen LogP contribution is -2.09. The lowest BCUT2D eigenvalue weighted by Gasteiger charge is -2.04. The van der Waals surface area contributed by atoms with Crippen LogP contribution in [-0.4, -0.2) is 22.7 Å². The molecule has 112 valence electrons. The Kier molecular flexibility index (Phi) is 3.84. The molecule has 0 fully saturated rings. The SMILES string of the molecule is O=C(O)COc1ccc(Oc2nc3ccc(Cl)cc3o2)cc1. The summed E-state index contributed by atoms with van der Waals surface area (Å²) in [5, 5.41) is 9.08. The van der Waals surface area contributed by atoms with Gasteiger partial charge in [-0.3, -0.25) is 0 Å². The third-order valence-corrected chi connectivity index (χ3v) is 2.96. The number of aromatic nitrogens is 1. The van der Waals surface area contributed by atoms with E-state index in [1.807, 2.05) is 0 Å². The number of aliphatic carboxylic acids is 1. The predicted octanol–water partition coefficient (Wildman–Crippen LogP) is 3.74. The van der Waals surface area contributed by atoms with E-state index in [1.54, 1.807) is 42.5 Å². The molecule has 0 aliphatic heterocycles. The Balaban J connectivity index is 1.72. The average molecular weight is 320 g/mol. The first-order chi connectivity index (χ1) is 10.6. The van der Waals surface area contributed by atoms with E-state index in [0.717, 1.165) is 0 Å². The molecule has 22 heavy (non-hydrogen) atoms. The molecule has 0 atom stereocenters. The topological polar surface area (TPSA) is 81.8 Å². The number of halogens is 1. The molecule has 0 aliphatic carbocycles. The summed E-state index contributed by atoms with van der Waals surface area (Å²) in [5.41, 5.74) is 1.17. The summed E-state index contributed by atoms with van der Waals surface area (Å²) in [5.74, 6) is -0.120. The molecular weight excluding hydrogens is 310 g/mol. The van der Waals surface area contributed by atoms with E-state index >= 15 is 0 Å². The minimum atomic E-state index is -1.04. The third kappa shape index (κ3) is 3.29. The third-order valence-electron chi connectivity index (χ3n) is 2.72. The van der Waals surface area contributed by atoms with Crippen molar-refractivity contribution in [2.45, 2.75) is 0 Å². The maximum Gasteiger partial charge on any atom is 0.400 e. The van der Waals surface area contributed by atoms with Gasteiger partial charge in [0.05, 0.1) is 0 Å². The van der Waals surface area contributed by atoms with Crippen molar-refractivity contribution in [1.82, 2.24) is 4.98 Å². The van der Waals surface area contributed by atoms with E-state index in [2.05, 4.69) is 4.98 Å². The van der Waals surface area contributed by atoms with Gasteiger partial charge in [-0.2, -0.15) is 4.98 Å². The van der Waals surface area contributed by atoms with Crippen LogP contribution in [-0.2, 0) is 4.79 Å². The van der Waals surface area contributed by atoms with Gasteiger partial charge < -0.3 is 19.0 Å². The number of carboxylic acids is 1. The number of ether oxygens (including phenoxy) is 2. The van der Waals surface area contributed by atoms with Crippen LogP contribution in [0, 0.1) is 0 Å². The lowest BCUT2D eigenvalue weighted by atomic mass is 10.3. The number of rotatable bonds is 5. The van der Waals surface area contributed by atoms with Crippen molar-refractivity contribution in [2.75, 3.05) is 6.61 Å². The molecule has 2 aromatic carbocycles. The van der Waals surface area contributed by atoms with E-state index in [9.17, 15) is 4.79 Å². The van der Waals surface area contributed by atoms with Crippen LogP contribution in [0.25, 0.3) is 11.1 Å². The zero-order valence-corrected chi connectivity index (χ0v) is 11.9. The summed E-state index contributed by atoms with van der Waals surface area (Å²) in [4.78, 5) is 14.6. The second-order valence-electron chi connectivity index (χ2n) is 4.35. The zero-order chi connectivity index (χ0) is 15.5. The van der Waals surface area contributed by atoms with Crippen molar-refractivity contribution in [3.05, 3.63) is 47.5 Å². The highest BCUT2D eigenvalue weighted by atomic mass is 35.5. The van der Waals surface area contributed by atoms with Gasteiger partial charge in [0.25, 0.3) is 0 Å². The van der Waals surface area contributed by atoms with Gasteiger partial charge in [-0.05, 0) is 36.4 Å². The van der Waals surface area contributed by atoms with Gasteiger partial charge >= 0.3 is 12.0 Å². The molecule has 1 aromatic heterocycles. The van der Waals surface area contributed by atoms with Crippen molar-refractivity contribution in [1.29, 1.82) is 0 Å². The fraction of sp³-hybridized carbons (Fsp3) is 0.0667. The molecule has 0 saturated heterocycles. The second kappa shape index (κ2) is 5.95. The van der Waals surface area contributed by atoms with Gasteiger partial charge in [-0.25, -0.2) is 4.79 Å². The number of benzene rings is 2. The van der Waals surface area contributed by atoms with Crippen molar-refractivity contribution in [2.24, 2.45) is 0 Å². The quantitative estimate of drug-likeness (QED) is 0.771. The molecule has 0 spiro atoms. The molecular formula is C15H10ClNO5. The van der Waals surface area contributed by atoms with E-state index in [4.69, 9.17) is 30.6 Å². The van der Waals surface area contributed by atoms with Crippen molar-refractivity contribution in [3.63, 3.8) is 0 Å². The molecule has 3 rings (SSSR count). The summed E-state index contributed by atoms with van der Waals surface area (Å²) < 4.78 is 16.0. The molecule has 0 unspecified atom stereocenters. The lowest BCUT2D eigenvalue weighted by molar-refractivity contribution is -0.139. The van der Waals surface area contributed by atoms with E-state index in [-0.39, 0.29) is 6.08 Å². The monoisotopic (exact) mass is 319 g/mol. The Morgan fingerprint density at radius 1 is 1.18 bits per heavy atom. The summed E-state index contributed by atoms with van der Waals surface area (Å²) in [6.07, 6.45) is 0.0940. The summed E-state index contributed by atoms with van der Waals surface area (Å²) in [6.45, 7) is -0.397. The molecule has 6 nitrogen and oxygen atoms in total. The van der Waals surface area contributed by atoms with Crippen molar-refractivity contribution in [3.8, 4) is 17.6 Å². The first kappa shape index (κ1) is 14.2. The van der Waals surface area contributed by atoms with Crippen molar-refractivity contribution >= 4 is 28.7 Å². The fourth-order valence-corrected chi connectivity index (χ4v) is 1.93. The van der Waals surface area contributed by atoms with E-state index in [0.29, 0.717) is 27.6 Å². The molecule has 3 aromatic rings. The number of hydrogen-bond donors (Lipinski definition) is 1. The van der Waals surface area contributed by atoms with Gasteiger partial charge in [-0.1, -0.05) is 11.6 Å². The molecule has 0 radical (unpaired) electrons. The number of hydrogen-bond acceptors (Lipinski definition) is 5. The van der Waals surface area contributed by atoms with Crippen LogP contribution in [0.5, 0.6) is 17.6 Å². The normalized spacial score (nSPS) is 10.6. The standard InChI is InChI=1S/C15H10ClNO5/c16-9-1-6-12-13(7-9)22-15(17-12)21-11-4-2-10(3-5-11)20-8-14(18)19/h1-7H,8H2,(H,18,19). The molecule has 0 amide bonds. The van der Waals surface area contributed by atoms with Crippen LogP contribution in [0.4, 0.5) is 0 Å². The van der Waals surface area contributed by atoms with Gasteiger partial charge in [-0.15, -0.1) is 0 Å². The van der Waals surface area contributed by atoms with Crippen LogP contribution in [0.1, 0.15) is 0 Å². The van der Waals surface area contributed by atoms with Gasteiger partial charge in [0, 0.05) is 11.1 Å². The van der Waals surface area contributed by atoms with Gasteiger partial charge in [0.2, 0.25) is 0 Å². The van der Waals surface area contributed by atoms with Crippen molar-refractivity contribution < 1.29 is 23.8 Å². The Labute approximate surface area is 129 Å². The summed E-state index contributed by atoms with van der Waals surface area (Å²) in [6, 6.07) is 11.5. The highest BCUT2D eigenvalue weighted by molar-refractivity contribution is 6.31. The Bertz CT molecular complexity index is 812. The number of carbonyl (C=O) groups is 1. The first-order valence-electron chi connectivity index (χ1n) is 6.29. The fourth-order valence-electron chi connectivity index (χ4n) is 1.77. The van der Waals surface area contributed by atoms with Crippen LogP contribution >= 0.6 is 11.6 Å². The number of fused-ring (bicyclic) bond motifs is 1. The minimum Gasteiger partial charge on any atom is -0.482 e. The second-order valence-corrected chi connectivity index (χ2v) is 4.78. The van der Waals surface area contributed by atoms with Gasteiger partial charge in [0.1, 0.15) is 17.0 Å². The number of nitrogens with zero attached hydrogens (tertiary/aromatic N) is 1. The maximum absolute atomic E-state index is 10.4. The molecule has 0 aliphatic rings. The van der Waals surface area contributed by atoms with E-state index < -0.39 is 12.6 Å². The smallest absolute Gasteiger partial charge is 0.400 e. The van der Waals surface area contributed by atoms with Crippen LogP contribution in [0.2, 0.25) is 5.02 Å². The Morgan fingerprint density at radius 3 is 2.64 bits per heavy atom. The number of carboxylic acid groups (broad SMARTS) is 1. The molecule has 0 saturated carbocycles. The number of oxazole rings is 1. The van der Waals surface area contributed by atoms with Crippen LogP contribution < -0.4 is 9.47 Å². The largest absolute Gasteiger partial charge is 0.482 e.